The van der Waals surface area contributed by atoms with Crippen LogP contribution in [0.15, 0.2) is 67.0 Å². The molecule has 1 saturated heterocycles. The Hall–Kier alpha value is -4.57. The molecule has 204 valence electrons. The molecule has 0 spiro atoms. The second kappa shape index (κ2) is 10.5. The number of rotatable bonds is 5. The number of ketones is 1. The smallest absolute Gasteiger partial charge is 0.298 e. The van der Waals surface area contributed by atoms with Gasteiger partial charge in [0.25, 0.3) is 11.7 Å². The predicted octanol–water partition coefficient (Wildman–Crippen LogP) is 3.98. The minimum atomic E-state index is -0.696. The van der Waals surface area contributed by atoms with Crippen LogP contribution in [0, 0.1) is 12.7 Å². The SMILES string of the molecule is Cc1cc(-c2ccccc2)c(C(=O)C(=O)Nc2ccc3c(c2)COC[C@H]2CN(c4ncc(F)cn4)CCN32)n1C. The van der Waals surface area contributed by atoms with Crippen LogP contribution in [0.5, 0.6) is 0 Å². The summed E-state index contributed by atoms with van der Waals surface area (Å²) in [6.07, 6.45) is 2.35. The van der Waals surface area contributed by atoms with Gasteiger partial charge < -0.3 is 24.4 Å². The average molecular weight is 541 g/mol. The molecule has 2 aliphatic rings. The van der Waals surface area contributed by atoms with Crippen LogP contribution < -0.4 is 15.1 Å². The van der Waals surface area contributed by atoms with E-state index in [0.29, 0.717) is 50.2 Å². The Morgan fingerprint density at radius 3 is 2.60 bits per heavy atom. The van der Waals surface area contributed by atoms with E-state index in [1.165, 1.54) is 12.4 Å². The molecule has 9 nitrogen and oxygen atoms in total. The number of nitrogens with one attached hydrogen (secondary N) is 1. The van der Waals surface area contributed by atoms with Crippen LogP contribution in [-0.2, 0) is 23.2 Å². The Morgan fingerprint density at radius 1 is 1.05 bits per heavy atom. The largest absolute Gasteiger partial charge is 0.374 e. The van der Waals surface area contributed by atoms with Gasteiger partial charge in [0.2, 0.25) is 5.95 Å². The van der Waals surface area contributed by atoms with Gasteiger partial charge in [0.05, 0.1) is 31.6 Å². The normalized spacial score (nSPS) is 16.6. The van der Waals surface area contributed by atoms with Gasteiger partial charge in [-0.3, -0.25) is 9.59 Å². The number of ether oxygens (including phenoxy) is 1. The van der Waals surface area contributed by atoms with Crippen molar-refractivity contribution in [1.29, 1.82) is 0 Å². The summed E-state index contributed by atoms with van der Waals surface area (Å²) in [5.74, 6) is -1.26. The first-order chi connectivity index (χ1) is 19.4. The molecule has 2 aromatic heterocycles. The van der Waals surface area contributed by atoms with Gasteiger partial charge >= 0.3 is 0 Å². The van der Waals surface area contributed by atoms with E-state index >= 15 is 0 Å². The topological polar surface area (TPSA) is 92.6 Å². The number of nitrogens with zero attached hydrogens (tertiary/aromatic N) is 5. The number of piperazine rings is 1. The summed E-state index contributed by atoms with van der Waals surface area (Å²) in [5, 5.41) is 2.80. The Bertz CT molecular complexity index is 1570. The number of amides is 1. The lowest BCUT2D eigenvalue weighted by Gasteiger charge is -2.42. The highest BCUT2D eigenvalue weighted by molar-refractivity contribution is 6.47. The fraction of sp³-hybridized carbons (Fsp3) is 0.267. The fourth-order valence-corrected chi connectivity index (χ4v) is 5.47. The molecule has 10 heteroatoms. The van der Waals surface area contributed by atoms with E-state index in [-0.39, 0.29) is 6.04 Å². The second-order valence-electron chi connectivity index (χ2n) is 10.1. The molecule has 0 bridgehead atoms. The van der Waals surface area contributed by atoms with E-state index in [1.807, 2.05) is 66.4 Å². The summed E-state index contributed by atoms with van der Waals surface area (Å²) in [4.78, 5) is 39.1. The minimum Gasteiger partial charge on any atom is -0.374 e. The van der Waals surface area contributed by atoms with Crippen molar-refractivity contribution >= 4 is 29.0 Å². The molecular formula is C30H29FN6O3. The van der Waals surface area contributed by atoms with Crippen molar-refractivity contribution in [3.63, 3.8) is 0 Å². The number of carbonyl (C=O) groups excluding carboxylic acids is 2. The third-order valence-corrected chi connectivity index (χ3v) is 7.57. The molecule has 40 heavy (non-hydrogen) atoms. The van der Waals surface area contributed by atoms with Crippen molar-refractivity contribution in [3.8, 4) is 11.1 Å². The third-order valence-electron chi connectivity index (χ3n) is 7.57. The van der Waals surface area contributed by atoms with Crippen LogP contribution in [0.2, 0.25) is 0 Å². The zero-order valence-electron chi connectivity index (χ0n) is 22.3. The van der Waals surface area contributed by atoms with Crippen molar-refractivity contribution in [2.45, 2.75) is 19.6 Å². The highest BCUT2D eigenvalue weighted by atomic mass is 19.1. The van der Waals surface area contributed by atoms with Crippen molar-refractivity contribution < 1.29 is 18.7 Å². The fourth-order valence-electron chi connectivity index (χ4n) is 5.47. The summed E-state index contributed by atoms with van der Waals surface area (Å²) in [6, 6.07) is 17.2. The molecule has 1 fully saturated rings. The van der Waals surface area contributed by atoms with E-state index in [4.69, 9.17) is 4.74 Å². The van der Waals surface area contributed by atoms with Crippen LogP contribution >= 0.6 is 0 Å². The van der Waals surface area contributed by atoms with Crippen LogP contribution in [0.25, 0.3) is 11.1 Å². The van der Waals surface area contributed by atoms with Crippen LogP contribution in [-0.4, -0.2) is 58.5 Å². The number of benzene rings is 2. The maximum Gasteiger partial charge on any atom is 0.298 e. The lowest BCUT2D eigenvalue weighted by Crippen LogP contribution is -2.55. The van der Waals surface area contributed by atoms with Gasteiger partial charge in [0.1, 0.15) is 5.69 Å². The van der Waals surface area contributed by atoms with Gasteiger partial charge in [-0.2, -0.15) is 0 Å². The van der Waals surface area contributed by atoms with Crippen LogP contribution in [0.3, 0.4) is 0 Å². The van der Waals surface area contributed by atoms with Gasteiger partial charge in [-0.25, -0.2) is 14.4 Å². The van der Waals surface area contributed by atoms with E-state index in [9.17, 15) is 14.0 Å². The molecule has 0 saturated carbocycles. The molecule has 2 aliphatic heterocycles. The van der Waals surface area contributed by atoms with Crippen molar-refractivity contribution in [3.05, 3.63) is 89.8 Å². The molecule has 0 radical (unpaired) electrons. The summed E-state index contributed by atoms with van der Waals surface area (Å²) >= 11 is 0. The van der Waals surface area contributed by atoms with Crippen molar-refractivity contribution in [2.24, 2.45) is 7.05 Å². The van der Waals surface area contributed by atoms with E-state index in [0.717, 1.165) is 28.1 Å². The molecule has 1 N–H and O–H groups in total. The number of halogens is 1. The lowest BCUT2D eigenvalue weighted by molar-refractivity contribution is -0.112. The maximum absolute atomic E-state index is 13.4. The quantitative estimate of drug-likeness (QED) is 0.302. The van der Waals surface area contributed by atoms with E-state index in [1.54, 1.807) is 11.6 Å². The summed E-state index contributed by atoms with van der Waals surface area (Å²) in [5.41, 5.74) is 5.33. The summed E-state index contributed by atoms with van der Waals surface area (Å²) < 4.78 is 21.0. The summed E-state index contributed by atoms with van der Waals surface area (Å²) in [6.45, 7) is 4.81. The van der Waals surface area contributed by atoms with E-state index in [2.05, 4.69) is 20.2 Å². The lowest BCUT2D eigenvalue weighted by atomic mass is 10.0. The number of carbonyl (C=O) groups is 2. The van der Waals surface area contributed by atoms with Gasteiger partial charge in [-0.15, -0.1) is 0 Å². The van der Waals surface area contributed by atoms with Gasteiger partial charge in [0.15, 0.2) is 5.82 Å². The Balaban J connectivity index is 1.19. The van der Waals surface area contributed by atoms with E-state index < -0.39 is 17.5 Å². The van der Waals surface area contributed by atoms with Gasteiger partial charge in [-0.05, 0) is 36.8 Å². The molecule has 0 unspecified atom stereocenters. The Kier molecular flexibility index (Phi) is 6.77. The predicted molar refractivity (Wildman–Crippen MR) is 150 cm³/mol. The number of fused-ring (bicyclic) bond motifs is 3. The number of hydrogen-bond donors (Lipinski definition) is 1. The first kappa shape index (κ1) is 25.7. The van der Waals surface area contributed by atoms with Gasteiger partial charge in [-0.1, -0.05) is 30.3 Å². The highest BCUT2D eigenvalue weighted by Crippen LogP contribution is 2.32. The minimum absolute atomic E-state index is 0.0580. The molecule has 1 amide bonds. The molecule has 1 atom stereocenters. The molecule has 6 rings (SSSR count). The van der Waals surface area contributed by atoms with Crippen molar-refractivity contribution in [2.75, 3.05) is 41.4 Å². The number of aryl methyl sites for hydroxylation is 1. The van der Waals surface area contributed by atoms with Gasteiger partial charge in [0, 0.05) is 54.9 Å². The third kappa shape index (κ3) is 4.82. The molecule has 4 aromatic rings. The first-order valence-corrected chi connectivity index (χ1v) is 13.2. The first-order valence-electron chi connectivity index (χ1n) is 13.2. The average Bonchev–Trinajstić information content (AvgIpc) is 3.15. The Labute approximate surface area is 231 Å². The zero-order chi connectivity index (χ0) is 27.8. The number of aromatic nitrogens is 3. The monoisotopic (exact) mass is 540 g/mol. The standard InChI is InChI=1S/C30H29FN6O3/c1-19-12-25(20-6-4-3-5-7-20)27(35(19)2)28(38)29(39)34-23-8-9-26-21(13-23)17-40-18-24-16-36(10-11-37(24)26)30-32-14-22(31)15-33-30/h3-9,12-15,24H,10-11,16-18H2,1-2H3,(H,34,39)/t24-/m1/s1. The van der Waals surface area contributed by atoms with Crippen LogP contribution in [0.1, 0.15) is 21.7 Å². The van der Waals surface area contributed by atoms with Crippen molar-refractivity contribution in [1.82, 2.24) is 14.5 Å². The maximum atomic E-state index is 13.4. The molecule has 2 aromatic carbocycles. The second-order valence-corrected chi connectivity index (χ2v) is 10.1. The Morgan fingerprint density at radius 2 is 1.82 bits per heavy atom. The number of anilines is 3. The molecule has 4 heterocycles. The highest BCUT2D eigenvalue weighted by Gasteiger charge is 2.32. The number of Topliss-reactive ketones (excluding diaryl/α,β-unsaturated/α-hetero) is 1. The van der Waals surface area contributed by atoms with Crippen LogP contribution in [0.4, 0.5) is 21.7 Å². The molecular weight excluding hydrogens is 511 g/mol. The molecule has 0 aliphatic carbocycles. The summed E-state index contributed by atoms with van der Waals surface area (Å²) in [7, 11) is 1.79. The number of hydrogen-bond acceptors (Lipinski definition) is 7. The zero-order valence-corrected chi connectivity index (χ0v) is 22.3.